The average molecular weight is 166 g/mol. The number of hydrogen-bond donors (Lipinski definition) is 1. The summed E-state index contributed by atoms with van der Waals surface area (Å²) in [5.74, 6) is 0. The summed E-state index contributed by atoms with van der Waals surface area (Å²) in [4.78, 5) is 4.00. The molecule has 0 fully saturated rings. The summed E-state index contributed by atoms with van der Waals surface area (Å²) in [6, 6.07) is 5.38. The number of nitrogens with zero attached hydrogens (tertiary/aromatic N) is 2. The van der Waals surface area contributed by atoms with Crippen LogP contribution in [-0.4, -0.2) is 29.6 Å². The third kappa shape index (κ3) is 2.03. The molecule has 12 heavy (non-hydrogen) atoms. The van der Waals surface area contributed by atoms with Gasteiger partial charge < -0.3 is 9.94 Å². The number of aromatic nitrogens is 1. The zero-order valence-corrected chi connectivity index (χ0v) is 6.77. The highest BCUT2D eigenvalue weighted by Crippen LogP contribution is 1.96. The van der Waals surface area contributed by atoms with Crippen molar-refractivity contribution in [1.82, 2.24) is 4.98 Å². The normalized spacial score (nSPS) is 11.6. The smallest absolute Gasteiger partial charge is 0.131 e. The molecule has 0 radical (unpaired) electrons. The van der Waals surface area contributed by atoms with Crippen molar-refractivity contribution >= 4 is 5.71 Å². The van der Waals surface area contributed by atoms with E-state index in [4.69, 9.17) is 9.94 Å². The summed E-state index contributed by atoms with van der Waals surface area (Å²) in [6.45, 7) is 0.257. The monoisotopic (exact) mass is 166 g/mol. The van der Waals surface area contributed by atoms with Crippen molar-refractivity contribution in [3.63, 3.8) is 0 Å². The average Bonchev–Trinajstić information content (AvgIpc) is 2.15. The zero-order valence-electron chi connectivity index (χ0n) is 6.77. The maximum Gasteiger partial charge on any atom is 0.131 e. The van der Waals surface area contributed by atoms with Gasteiger partial charge in [0.2, 0.25) is 0 Å². The largest absolute Gasteiger partial charge is 0.411 e. The lowest BCUT2D eigenvalue weighted by molar-refractivity contribution is 0.237. The second-order valence-corrected chi connectivity index (χ2v) is 2.19. The first kappa shape index (κ1) is 8.67. The fraction of sp³-hybridized carbons (Fsp3) is 0.250. The minimum Gasteiger partial charge on any atom is -0.411 e. The van der Waals surface area contributed by atoms with E-state index in [2.05, 4.69) is 10.1 Å². The fourth-order valence-electron chi connectivity index (χ4n) is 0.824. The number of ether oxygens (including phenoxy) is 1. The SMILES string of the molecule is COCC(=NO)c1ccccn1. The lowest BCUT2D eigenvalue weighted by Gasteiger charge is -2.00. The summed E-state index contributed by atoms with van der Waals surface area (Å²) in [7, 11) is 1.54. The van der Waals surface area contributed by atoms with Crippen LogP contribution in [0.1, 0.15) is 5.69 Å². The van der Waals surface area contributed by atoms with E-state index >= 15 is 0 Å². The lowest BCUT2D eigenvalue weighted by atomic mass is 10.2. The third-order valence-electron chi connectivity index (χ3n) is 1.36. The highest BCUT2D eigenvalue weighted by molar-refractivity contribution is 5.99. The molecule has 1 heterocycles. The number of rotatable bonds is 3. The van der Waals surface area contributed by atoms with Gasteiger partial charge in [0, 0.05) is 13.3 Å². The first-order chi connectivity index (χ1) is 5.88. The molecule has 0 amide bonds. The standard InChI is InChI=1S/C8H10N2O2/c1-12-6-8(10-11)7-4-2-3-5-9-7/h2-5,11H,6H2,1H3. The minimum atomic E-state index is 0.257. The van der Waals surface area contributed by atoms with Gasteiger partial charge in [0.15, 0.2) is 0 Å². The van der Waals surface area contributed by atoms with Crippen molar-refractivity contribution in [2.45, 2.75) is 0 Å². The van der Waals surface area contributed by atoms with E-state index in [1.54, 1.807) is 18.3 Å². The molecule has 1 aromatic heterocycles. The first-order valence-corrected chi connectivity index (χ1v) is 3.49. The Morgan fingerprint density at radius 2 is 2.50 bits per heavy atom. The van der Waals surface area contributed by atoms with Crippen LogP contribution >= 0.6 is 0 Å². The molecule has 0 bridgehead atoms. The van der Waals surface area contributed by atoms with Crippen LogP contribution in [0.25, 0.3) is 0 Å². The molecule has 1 rings (SSSR count). The third-order valence-corrected chi connectivity index (χ3v) is 1.36. The Labute approximate surface area is 70.5 Å². The Morgan fingerprint density at radius 3 is 3.00 bits per heavy atom. The summed E-state index contributed by atoms with van der Waals surface area (Å²) in [6.07, 6.45) is 1.64. The molecule has 0 saturated heterocycles. The van der Waals surface area contributed by atoms with Gasteiger partial charge in [0.05, 0.1) is 12.3 Å². The van der Waals surface area contributed by atoms with Gasteiger partial charge in [0.25, 0.3) is 0 Å². The number of methoxy groups -OCH3 is 1. The van der Waals surface area contributed by atoms with Crippen LogP contribution in [0.4, 0.5) is 0 Å². The Bertz CT molecular complexity index is 259. The van der Waals surface area contributed by atoms with Crippen LogP contribution in [0.15, 0.2) is 29.6 Å². The first-order valence-electron chi connectivity index (χ1n) is 3.49. The van der Waals surface area contributed by atoms with Crippen LogP contribution in [0, 0.1) is 0 Å². The molecule has 64 valence electrons. The number of pyridine rings is 1. The summed E-state index contributed by atoms with van der Waals surface area (Å²) < 4.78 is 4.82. The second-order valence-electron chi connectivity index (χ2n) is 2.19. The molecular weight excluding hydrogens is 156 g/mol. The second kappa shape index (κ2) is 4.46. The van der Waals surface area contributed by atoms with Crippen LogP contribution in [0.3, 0.4) is 0 Å². The van der Waals surface area contributed by atoms with Crippen LogP contribution < -0.4 is 0 Å². The topological polar surface area (TPSA) is 54.7 Å². The highest BCUT2D eigenvalue weighted by atomic mass is 16.5. The van der Waals surface area contributed by atoms with Crippen molar-refractivity contribution < 1.29 is 9.94 Å². The molecule has 0 atom stereocenters. The van der Waals surface area contributed by atoms with Crippen molar-refractivity contribution in [3.8, 4) is 0 Å². The predicted octanol–water partition coefficient (Wildman–Crippen LogP) is 0.906. The Kier molecular flexibility index (Phi) is 3.22. The van der Waals surface area contributed by atoms with Crippen molar-refractivity contribution in [1.29, 1.82) is 0 Å². The predicted molar refractivity (Wildman–Crippen MR) is 44.4 cm³/mol. The van der Waals surface area contributed by atoms with Gasteiger partial charge in [0.1, 0.15) is 5.71 Å². The van der Waals surface area contributed by atoms with E-state index in [1.807, 2.05) is 6.07 Å². The van der Waals surface area contributed by atoms with Gasteiger partial charge in [-0.3, -0.25) is 4.98 Å². The van der Waals surface area contributed by atoms with Gasteiger partial charge >= 0.3 is 0 Å². The van der Waals surface area contributed by atoms with Crippen LogP contribution in [-0.2, 0) is 4.74 Å². The Balaban J connectivity index is 2.82. The summed E-state index contributed by atoms with van der Waals surface area (Å²) in [5, 5.41) is 11.7. The molecule has 0 aliphatic heterocycles. The van der Waals surface area contributed by atoms with Crippen molar-refractivity contribution in [2.75, 3.05) is 13.7 Å². The minimum absolute atomic E-state index is 0.257. The van der Waals surface area contributed by atoms with E-state index in [0.717, 1.165) is 0 Å². The van der Waals surface area contributed by atoms with Crippen LogP contribution in [0.2, 0.25) is 0 Å². The maximum absolute atomic E-state index is 8.58. The molecule has 0 aliphatic carbocycles. The fourth-order valence-corrected chi connectivity index (χ4v) is 0.824. The quantitative estimate of drug-likeness (QED) is 0.412. The maximum atomic E-state index is 8.58. The van der Waals surface area contributed by atoms with Gasteiger partial charge in [-0.15, -0.1) is 0 Å². The molecule has 0 unspecified atom stereocenters. The molecular formula is C8H10N2O2. The highest BCUT2D eigenvalue weighted by Gasteiger charge is 2.03. The van der Waals surface area contributed by atoms with E-state index in [-0.39, 0.29) is 6.61 Å². The van der Waals surface area contributed by atoms with E-state index in [9.17, 15) is 0 Å². The lowest BCUT2D eigenvalue weighted by Crippen LogP contribution is -2.10. The molecule has 4 heteroatoms. The van der Waals surface area contributed by atoms with E-state index in [0.29, 0.717) is 11.4 Å². The molecule has 0 aromatic carbocycles. The zero-order chi connectivity index (χ0) is 8.81. The molecule has 0 saturated carbocycles. The molecule has 0 spiro atoms. The summed E-state index contributed by atoms with van der Waals surface area (Å²) >= 11 is 0. The van der Waals surface area contributed by atoms with Gasteiger partial charge in [-0.25, -0.2) is 0 Å². The molecule has 4 nitrogen and oxygen atoms in total. The molecule has 1 N–H and O–H groups in total. The van der Waals surface area contributed by atoms with Crippen molar-refractivity contribution in [3.05, 3.63) is 30.1 Å². The number of hydrogen-bond acceptors (Lipinski definition) is 4. The van der Waals surface area contributed by atoms with E-state index < -0.39 is 0 Å². The van der Waals surface area contributed by atoms with Gasteiger partial charge in [-0.1, -0.05) is 11.2 Å². The summed E-state index contributed by atoms with van der Waals surface area (Å²) in [5.41, 5.74) is 1.06. The van der Waals surface area contributed by atoms with Crippen molar-refractivity contribution in [2.24, 2.45) is 5.16 Å². The molecule has 0 aliphatic rings. The van der Waals surface area contributed by atoms with Crippen LogP contribution in [0.5, 0.6) is 0 Å². The van der Waals surface area contributed by atoms with Gasteiger partial charge in [-0.2, -0.15) is 0 Å². The Hall–Kier alpha value is -1.42. The van der Waals surface area contributed by atoms with Gasteiger partial charge in [-0.05, 0) is 12.1 Å². The molecule has 1 aromatic rings. The van der Waals surface area contributed by atoms with E-state index in [1.165, 1.54) is 7.11 Å². The Morgan fingerprint density at radius 1 is 1.67 bits per heavy atom. The number of oxime groups is 1.